The Morgan fingerprint density at radius 2 is 1.82 bits per heavy atom. The summed E-state index contributed by atoms with van der Waals surface area (Å²) in [6.07, 6.45) is 0.916. The number of carboxylic acids is 1. The molecule has 4 nitrogen and oxygen atoms in total. The number of carbonyl (C=O) groups is 2. The van der Waals surface area contributed by atoms with Crippen molar-refractivity contribution in [3.63, 3.8) is 0 Å². The molecule has 2 N–H and O–H groups in total. The first kappa shape index (κ1) is 16.0. The van der Waals surface area contributed by atoms with Crippen LogP contribution in [-0.4, -0.2) is 17.0 Å². The van der Waals surface area contributed by atoms with Crippen molar-refractivity contribution in [2.45, 2.75) is 19.8 Å². The lowest BCUT2D eigenvalue weighted by Crippen LogP contribution is -2.13. The molecule has 0 bridgehead atoms. The van der Waals surface area contributed by atoms with Crippen LogP contribution in [0.3, 0.4) is 0 Å². The molecule has 0 unspecified atom stereocenters. The van der Waals surface area contributed by atoms with Gasteiger partial charge in [0.2, 0.25) is 5.91 Å². The van der Waals surface area contributed by atoms with Crippen LogP contribution in [0.1, 0.15) is 27.9 Å². The van der Waals surface area contributed by atoms with E-state index in [1.54, 1.807) is 0 Å². The molecule has 2 aromatic carbocycles. The molecular formula is C17H16ClNO3. The Bertz CT molecular complexity index is 696. The largest absolute Gasteiger partial charge is 0.478 e. The van der Waals surface area contributed by atoms with Crippen molar-refractivity contribution < 1.29 is 14.7 Å². The molecule has 1 amide bonds. The Balaban J connectivity index is 1.98. The van der Waals surface area contributed by atoms with Gasteiger partial charge >= 0.3 is 5.97 Å². The molecule has 0 spiro atoms. The number of amides is 1. The quantitative estimate of drug-likeness (QED) is 0.878. The maximum Gasteiger partial charge on any atom is 0.335 e. The maximum absolute atomic E-state index is 12.0. The summed E-state index contributed by atoms with van der Waals surface area (Å²) in [4.78, 5) is 22.9. The van der Waals surface area contributed by atoms with E-state index in [0.29, 0.717) is 23.6 Å². The molecule has 2 aromatic rings. The van der Waals surface area contributed by atoms with E-state index in [2.05, 4.69) is 5.32 Å². The van der Waals surface area contributed by atoms with Gasteiger partial charge in [0.25, 0.3) is 0 Å². The van der Waals surface area contributed by atoms with Crippen molar-refractivity contribution in [3.8, 4) is 0 Å². The van der Waals surface area contributed by atoms with Crippen LogP contribution < -0.4 is 5.32 Å². The molecule has 5 heteroatoms. The van der Waals surface area contributed by atoms with Crippen LogP contribution in [0, 0.1) is 6.92 Å². The maximum atomic E-state index is 12.0. The smallest absolute Gasteiger partial charge is 0.335 e. The standard InChI is InChI=1S/C17H16ClNO3/c1-11-2-4-12(5-3-11)6-9-16(20)19-15-10-13(17(21)22)7-8-14(15)18/h2-5,7-8,10H,6,9H2,1H3,(H,19,20)(H,21,22). The van der Waals surface area contributed by atoms with E-state index < -0.39 is 5.97 Å². The van der Waals surface area contributed by atoms with Gasteiger partial charge in [-0.15, -0.1) is 0 Å². The highest BCUT2D eigenvalue weighted by Crippen LogP contribution is 2.23. The number of carbonyl (C=O) groups excluding carboxylic acids is 1. The van der Waals surface area contributed by atoms with Crippen LogP contribution in [0.2, 0.25) is 5.02 Å². The van der Waals surface area contributed by atoms with Gasteiger partial charge in [-0.2, -0.15) is 0 Å². The minimum atomic E-state index is -1.06. The van der Waals surface area contributed by atoms with E-state index in [1.165, 1.54) is 23.8 Å². The molecule has 22 heavy (non-hydrogen) atoms. The Kier molecular flexibility index (Phi) is 5.17. The minimum absolute atomic E-state index is 0.0817. The third-order valence-electron chi connectivity index (χ3n) is 3.25. The number of benzene rings is 2. The number of carboxylic acid groups (broad SMARTS) is 1. The topological polar surface area (TPSA) is 66.4 Å². The molecule has 0 aliphatic carbocycles. The molecule has 0 saturated carbocycles. The third kappa shape index (κ3) is 4.33. The fourth-order valence-electron chi connectivity index (χ4n) is 1.98. The number of hydrogen-bond donors (Lipinski definition) is 2. The van der Waals surface area contributed by atoms with Gasteiger partial charge in [0.15, 0.2) is 0 Å². The van der Waals surface area contributed by atoms with Gasteiger partial charge in [-0.3, -0.25) is 4.79 Å². The third-order valence-corrected chi connectivity index (χ3v) is 3.58. The second-order valence-electron chi connectivity index (χ2n) is 5.03. The fraction of sp³-hybridized carbons (Fsp3) is 0.176. The summed E-state index contributed by atoms with van der Waals surface area (Å²) in [6.45, 7) is 2.01. The first-order valence-electron chi connectivity index (χ1n) is 6.84. The first-order valence-corrected chi connectivity index (χ1v) is 7.22. The molecule has 0 aromatic heterocycles. The van der Waals surface area contributed by atoms with E-state index >= 15 is 0 Å². The summed E-state index contributed by atoms with van der Waals surface area (Å²) in [5.74, 6) is -1.27. The monoisotopic (exact) mass is 317 g/mol. The average molecular weight is 318 g/mol. The Morgan fingerprint density at radius 3 is 2.45 bits per heavy atom. The van der Waals surface area contributed by atoms with Crippen LogP contribution in [0.15, 0.2) is 42.5 Å². The van der Waals surface area contributed by atoms with Crippen LogP contribution in [0.4, 0.5) is 5.69 Å². The van der Waals surface area contributed by atoms with E-state index in [4.69, 9.17) is 16.7 Å². The molecule has 2 rings (SSSR count). The highest BCUT2D eigenvalue weighted by molar-refractivity contribution is 6.33. The summed E-state index contributed by atoms with van der Waals surface area (Å²) >= 11 is 5.97. The van der Waals surface area contributed by atoms with Gasteiger partial charge in [0, 0.05) is 6.42 Å². The number of aromatic carboxylic acids is 1. The van der Waals surface area contributed by atoms with Crippen LogP contribution >= 0.6 is 11.6 Å². The lowest BCUT2D eigenvalue weighted by molar-refractivity contribution is -0.116. The zero-order chi connectivity index (χ0) is 16.1. The normalized spacial score (nSPS) is 10.3. The van der Waals surface area contributed by atoms with Crippen molar-refractivity contribution in [2.24, 2.45) is 0 Å². The predicted molar refractivity (Wildman–Crippen MR) is 86.5 cm³/mol. The highest BCUT2D eigenvalue weighted by atomic mass is 35.5. The Morgan fingerprint density at radius 1 is 1.14 bits per heavy atom. The molecule has 0 radical (unpaired) electrons. The predicted octanol–water partition coefficient (Wildman–Crippen LogP) is 3.92. The van der Waals surface area contributed by atoms with Gasteiger partial charge < -0.3 is 10.4 Å². The number of halogens is 1. The van der Waals surface area contributed by atoms with E-state index in [9.17, 15) is 9.59 Å². The summed E-state index contributed by atoms with van der Waals surface area (Å²) in [5, 5.41) is 11.9. The number of aryl methyl sites for hydroxylation is 2. The number of nitrogens with one attached hydrogen (secondary N) is 1. The summed E-state index contributed by atoms with van der Waals surface area (Å²) in [6, 6.07) is 12.2. The Hall–Kier alpha value is -2.33. The average Bonchev–Trinajstić information content (AvgIpc) is 2.48. The van der Waals surface area contributed by atoms with E-state index in [-0.39, 0.29) is 11.5 Å². The van der Waals surface area contributed by atoms with Gasteiger partial charge in [0.05, 0.1) is 16.3 Å². The highest BCUT2D eigenvalue weighted by Gasteiger charge is 2.10. The van der Waals surface area contributed by atoms with E-state index in [1.807, 2.05) is 31.2 Å². The lowest BCUT2D eigenvalue weighted by atomic mass is 10.1. The van der Waals surface area contributed by atoms with Crippen LogP contribution in [0.5, 0.6) is 0 Å². The molecule has 0 heterocycles. The second-order valence-corrected chi connectivity index (χ2v) is 5.44. The summed E-state index contributed by atoms with van der Waals surface area (Å²) < 4.78 is 0. The van der Waals surface area contributed by atoms with Crippen LogP contribution in [0.25, 0.3) is 0 Å². The summed E-state index contributed by atoms with van der Waals surface area (Å²) in [5.41, 5.74) is 2.64. The van der Waals surface area contributed by atoms with Gasteiger partial charge in [-0.25, -0.2) is 4.79 Å². The zero-order valence-corrected chi connectivity index (χ0v) is 12.9. The van der Waals surface area contributed by atoms with Crippen molar-refractivity contribution in [1.82, 2.24) is 0 Å². The molecule has 114 valence electrons. The molecule has 0 aliphatic rings. The van der Waals surface area contributed by atoms with Crippen molar-refractivity contribution in [2.75, 3.05) is 5.32 Å². The number of anilines is 1. The minimum Gasteiger partial charge on any atom is -0.478 e. The van der Waals surface area contributed by atoms with Crippen LogP contribution in [-0.2, 0) is 11.2 Å². The molecule has 0 aliphatic heterocycles. The first-order chi connectivity index (χ1) is 10.5. The lowest BCUT2D eigenvalue weighted by Gasteiger charge is -2.08. The Labute approximate surface area is 133 Å². The zero-order valence-electron chi connectivity index (χ0n) is 12.1. The van der Waals surface area contributed by atoms with E-state index in [0.717, 1.165) is 5.56 Å². The van der Waals surface area contributed by atoms with Gasteiger partial charge in [-0.05, 0) is 37.1 Å². The molecular weight excluding hydrogens is 302 g/mol. The van der Waals surface area contributed by atoms with Crippen molar-refractivity contribution in [3.05, 3.63) is 64.2 Å². The SMILES string of the molecule is Cc1ccc(CCC(=O)Nc2cc(C(=O)O)ccc2Cl)cc1. The second kappa shape index (κ2) is 7.09. The number of hydrogen-bond acceptors (Lipinski definition) is 2. The van der Waals surface area contributed by atoms with Crippen molar-refractivity contribution in [1.29, 1.82) is 0 Å². The molecule has 0 fully saturated rings. The molecule has 0 atom stereocenters. The fourth-order valence-corrected chi connectivity index (χ4v) is 2.14. The summed E-state index contributed by atoms with van der Waals surface area (Å²) in [7, 11) is 0. The van der Waals surface area contributed by atoms with Gasteiger partial charge in [-0.1, -0.05) is 41.4 Å². The van der Waals surface area contributed by atoms with Crippen molar-refractivity contribution >= 4 is 29.2 Å². The number of rotatable bonds is 5. The molecule has 0 saturated heterocycles. The van der Waals surface area contributed by atoms with Gasteiger partial charge in [0.1, 0.15) is 0 Å².